The van der Waals surface area contributed by atoms with Crippen LogP contribution in [-0.2, 0) is 9.47 Å². The zero-order chi connectivity index (χ0) is 16.2. The Bertz CT molecular complexity index is 595. The van der Waals surface area contributed by atoms with Gasteiger partial charge in [-0.3, -0.25) is 14.8 Å². The van der Waals surface area contributed by atoms with Crippen LogP contribution in [0.25, 0.3) is 0 Å². The van der Waals surface area contributed by atoms with Crippen molar-refractivity contribution in [3.8, 4) is 0 Å². The number of hydrogen-bond donors (Lipinski definition) is 2. The monoisotopic (exact) mass is 301 g/mol. The van der Waals surface area contributed by atoms with Gasteiger partial charge in [0.1, 0.15) is 6.20 Å². The zero-order valence-electron chi connectivity index (χ0n) is 11.7. The van der Waals surface area contributed by atoms with Gasteiger partial charge in [-0.15, -0.1) is 5.10 Å². The summed E-state index contributed by atoms with van der Waals surface area (Å²) in [5.74, 6) is -1.15. The minimum absolute atomic E-state index is 0.000983. The van der Waals surface area contributed by atoms with Crippen LogP contribution in [0, 0.1) is 16.1 Å². The number of ether oxygens (including phenoxy) is 2. The minimum atomic E-state index is -1.19. The molecule has 1 unspecified atom stereocenters. The molecule has 1 heterocycles. The van der Waals surface area contributed by atoms with Crippen LogP contribution in [0.5, 0.6) is 0 Å². The first-order valence-corrected chi connectivity index (χ1v) is 5.75. The SMILES string of the molecule is CO/C(N)=C(/C=C(\N)OC)C(C)n1cc([N+](=O)[O-])c(F)n1. The van der Waals surface area contributed by atoms with Crippen LogP contribution in [0.2, 0.25) is 0 Å². The Kier molecular flexibility index (Phi) is 5.11. The summed E-state index contributed by atoms with van der Waals surface area (Å²) in [6.45, 7) is 1.59. The van der Waals surface area contributed by atoms with E-state index in [1.807, 2.05) is 0 Å². The van der Waals surface area contributed by atoms with Crippen molar-refractivity contribution in [2.75, 3.05) is 14.2 Å². The maximum atomic E-state index is 13.4. The summed E-state index contributed by atoms with van der Waals surface area (Å²) in [7, 11) is 2.69. The summed E-state index contributed by atoms with van der Waals surface area (Å²) in [6.07, 6.45) is 2.33. The molecule has 1 atom stereocenters. The van der Waals surface area contributed by atoms with Crippen molar-refractivity contribution in [2.45, 2.75) is 13.0 Å². The number of hydrogen-bond acceptors (Lipinski definition) is 7. The lowest BCUT2D eigenvalue weighted by atomic mass is 10.1. The molecule has 1 aromatic rings. The molecule has 0 aliphatic carbocycles. The molecule has 0 aliphatic heterocycles. The molecule has 0 amide bonds. The Morgan fingerprint density at radius 1 is 1.52 bits per heavy atom. The van der Waals surface area contributed by atoms with Gasteiger partial charge in [0.15, 0.2) is 11.8 Å². The summed E-state index contributed by atoms with van der Waals surface area (Å²) in [4.78, 5) is 9.77. The van der Waals surface area contributed by atoms with Gasteiger partial charge in [-0.2, -0.15) is 4.39 Å². The van der Waals surface area contributed by atoms with Gasteiger partial charge in [0.25, 0.3) is 0 Å². The Balaban J connectivity index is 3.27. The van der Waals surface area contributed by atoms with Crippen LogP contribution < -0.4 is 11.5 Å². The number of allylic oxidation sites excluding steroid dienone is 2. The molecule has 1 rings (SSSR count). The molecule has 1 aromatic heterocycles. The third-order valence-corrected chi connectivity index (χ3v) is 2.75. The second-order valence-corrected chi connectivity index (χ2v) is 3.99. The fraction of sp³-hybridized carbons (Fsp3) is 0.364. The van der Waals surface area contributed by atoms with Gasteiger partial charge in [-0.1, -0.05) is 0 Å². The lowest BCUT2D eigenvalue weighted by Gasteiger charge is -2.16. The Morgan fingerprint density at radius 2 is 2.14 bits per heavy atom. The van der Waals surface area contributed by atoms with E-state index in [2.05, 4.69) is 5.10 Å². The van der Waals surface area contributed by atoms with Crippen LogP contribution in [0.1, 0.15) is 13.0 Å². The molecule has 0 aromatic carbocycles. The van der Waals surface area contributed by atoms with Gasteiger partial charge < -0.3 is 20.9 Å². The maximum absolute atomic E-state index is 13.4. The van der Waals surface area contributed by atoms with Gasteiger partial charge in [0.05, 0.1) is 25.2 Å². The highest BCUT2D eigenvalue weighted by Gasteiger charge is 2.24. The van der Waals surface area contributed by atoms with E-state index < -0.39 is 22.6 Å². The summed E-state index contributed by atoms with van der Waals surface area (Å²) in [5, 5.41) is 14.1. The predicted molar refractivity (Wildman–Crippen MR) is 71.1 cm³/mol. The molecule has 0 fully saturated rings. The van der Waals surface area contributed by atoms with Crippen LogP contribution in [0.4, 0.5) is 10.1 Å². The first-order chi connectivity index (χ1) is 9.81. The molecule has 21 heavy (non-hydrogen) atoms. The molecule has 9 nitrogen and oxygen atoms in total. The number of nitrogens with zero attached hydrogens (tertiary/aromatic N) is 3. The second-order valence-electron chi connectivity index (χ2n) is 3.99. The van der Waals surface area contributed by atoms with Gasteiger partial charge in [-0.05, 0) is 6.92 Å². The molecule has 0 aliphatic rings. The van der Waals surface area contributed by atoms with Gasteiger partial charge in [0, 0.05) is 11.6 Å². The van der Waals surface area contributed by atoms with Crippen molar-refractivity contribution in [1.29, 1.82) is 0 Å². The van der Waals surface area contributed by atoms with Crippen LogP contribution >= 0.6 is 0 Å². The van der Waals surface area contributed by atoms with E-state index in [0.717, 1.165) is 10.9 Å². The van der Waals surface area contributed by atoms with Crippen molar-refractivity contribution in [2.24, 2.45) is 11.5 Å². The topological polar surface area (TPSA) is 131 Å². The van der Waals surface area contributed by atoms with Crippen molar-refractivity contribution >= 4 is 5.69 Å². The van der Waals surface area contributed by atoms with Crippen molar-refractivity contribution in [1.82, 2.24) is 9.78 Å². The summed E-state index contributed by atoms with van der Waals surface area (Å²) < 4.78 is 24.2. The average Bonchev–Trinajstić information content (AvgIpc) is 2.85. The normalized spacial score (nSPS) is 14.4. The Labute approximate surface area is 119 Å². The van der Waals surface area contributed by atoms with Crippen LogP contribution in [0.3, 0.4) is 0 Å². The molecule has 0 saturated carbocycles. The maximum Gasteiger partial charge on any atom is 0.343 e. The number of rotatable bonds is 6. The summed E-state index contributed by atoms with van der Waals surface area (Å²) in [6, 6.07) is -0.665. The van der Waals surface area contributed by atoms with E-state index in [9.17, 15) is 14.5 Å². The van der Waals surface area contributed by atoms with Gasteiger partial charge in [0.2, 0.25) is 0 Å². The van der Waals surface area contributed by atoms with E-state index in [-0.39, 0.29) is 11.8 Å². The lowest BCUT2D eigenvalue weighted by Crippen LogP contribution is -2.16. The number of nitro groups is 1. The highest BCUT2D eigenvalue weighted by Crippen LogP contribution is 2.24. The van der Waals surface area contributed by atoms with E-state index in [0.29, 0.717) is 5.57 Å². The van der Waals surface area contributed by atoms with E-state index in [4.69, 9.17) is 20.9 Å². The molecule has 0 spiro atoms. The molecule has 0 bridgehead atoms. The predicted octanol–water partition coefficient (Wildman–Crippen LogP) is 0.755. The number of halogens is 1. The summed E-state index contributed by atoms with van der Waals surface area (Å²) in [5.41, 5.74) is 10.8. The number of nitrogens with two attached hydrogens (primary N) is 2. The lowest BCUT2D eigenvalue weighted by molar-refractivity contribution is -0.387. The van der Waals surface area contributed by atoms with Crippen molar-refractivity contribution < 1.29 is 18.8 Å². The second kappa shape index (κ2) is 6.59. The molecule has 4 N–H and O–H groups in total. The third kappa shape index (κ3) is 3.61. The largest absolute Gasteiger partial charge is 0.483 e. The molecule has 0 radical (unpaired) electrons. The van der Waals surface area contributed by atoms with Crippen molar-refractivity contribution in [3.05, 3.63) is 45.7 Å². The molecule has 0 saturated heterocycles. The first-order valence-electron chi connectivity index (χ1n) is 5.75. The number of aromatic nitrogens is 2. The summed E-state index contributed by atoms with van der Waals surface area (Å²) >= 11 is 0. The van der Waals surface area contributed by atoms with E-state index in [1.54, 1.807) is 6.92 Å². The van der Waals surface area contributed by atoms with Crippen LogP contribution in [-0.4, -0.2) is 28.9 Å². The average molecular weight is 301 g/mol. The first kappa shape index (κ1) is 16.3. The molecular weight excluding hydrogens is 285 g/mol. The van der Waals surface area contributed by atoms with E-state index in [1.165, 1.54) is 20.3 Å². The van der Waals surface area contributed by atoms with E-state index >= 15 is 0 Å². The smallest absolute Gasteiger partial charge is 0.343 e. The Hall–Kier alpha value is -2.78. The molecule has 10 heteroatoms. The van der Waals surface area contributed by atoms with Crippen LogP contribution in [0.15, 0.2) is 29.6 Å². The zero-order valence-corrected chi connectivity index (χ0v) is 11.7. The Morgan fingerprint density at radius 3 is 2.57 bits per heavy atom. The molecule has 116 valence electrons. The fourth-order valence-corrected chi connectivity index (χ4v) is 1.55. The van der Waals surface area contributed by atoms with Gasteiger partial charge in [-0.25, -0.2) is 0 Å². The van der Waals surface area contributed by atoms with Crippen molar-refractivity contribution in [3.63, 3.8) is 0 Å². The quantitative estimate of drug-likeness (QED) is 0.343. The highest BCUT2D eigenvalue weighted by atomic mass is 19.1. The van der Waals surface area contributed by atoms with Gasteiger partial charge >= 0.3 is 11.6 Å². The third-order valence-electron chi connectivity index (χ3n) is 2.75. The fourth-order valence-electron chi connectivity index (χ4n) is 1.55. The number of methoxy groups -OCH3 is 2. The minimum Gasteiger partial charge on any atom is -0.483 e. The highest BCUT2D eigenvalue weighted by molar-refractivity contribution is 5.29. The molecular formula is C11H16FN5O4. The standard InChI is InChI=1S/C11H16FN5O4/c1-6(7(11(14)21-3)4-9(13)20-2)16-5-8(17(18)19)10(12)15-16/h4-6H,13-14H2,1-3H3/b9-4+,11-7-.